The molecule has 0 radical (unpaired) electrons. The van der Waals surface area contributed by atoms with Crippen molar-refractivity contribution >= 4 is 29.1 Å². The van der Waals surface area contributed by atoms with Crippen LogP contribution in [-0.2, 0) is 6.54 Å². The van der Waals surface area contributed by atoms with Gasteiger partial charge in [0.05, 0.1) is 17.7 Å². The first kappa shape index (κ1) is 11.8. The molecule has 2 aromatic rings. The highest BCUT2D eigenvalue weighted by Crippen LogP contribution is 2.29. The third-order valence-corrected chi connectivity index (χ3v) is 3.18. The van der Waals surface area contributed by atoms with Gasteiger partial charge in [0.25, 0.3) is 11.8 Å². The van der Waals surface area contributed by atoms with Crippen LogP contribution in [0.1, 0.15) is 26.5 Å². The smallest absolute Gasteiger partial charge is 0.264 e. The van der Waals surface area contributed by atoms with E-state index < -0.39 is 5.91 Å². The predicted octanol–water partition coefficient (Wildman–Crippen LogP) is 2.31. The van der Waals surface area contributed by atoms with Crippen LogP contribution in [0.2, 0.25) is 5.22 Å². The molecule has 1 aliphatic heterocycles. The summed E-state index contributed by atoms with van der Waals surface area (Å²) < 4.78 is 5.16. The first-order valence-electron chi connectivity index (χ1n) is 5.57. The van der Waals surface area contributed by atoms with Crippen molar-refractivity contribution in [2.24, 2.45) is 0 Å². The van der Waals surface area contributed by atoms with E-state index in [1.165, 1.54) is 0 Å². The monoisotopic (exact) mass is 276 g/mol. The van der Waals surface area contributed by atoms with Crippen molar-refractivity contribution in [3.05, 3.63) is 52.4 Å². The number of hydrogen-bond acceptors (Lipinski definition) is 4. The summed E-state index contributed by atoms with van der Waals surface area (Å²) in [6, 6.07) is 8.00. The van der Waals surface area contributed by atoms with E-state index in [2.05, 4.69) is 0 Å². The van der Waals surface area contributed by atoms with E-state index >= 15 is 0 Å². The van der Waals surface area contributed by atoms with Crippen molar-refractivity contribution in [1.29, 1.82) is 0 Å². The molecule has 19 heavy (non-hydrogen) atoms. The first-order valence-corrected chi connectivity index (χ1v) is 5.94. The summed E-state index contributed by atoms with van der Waals surface area (Å²) >= 11 is 5.66. The Morgan fingerprint density at radius 1 is 1.16 bits per heavy atom. The summed E-state index contributed by atoms with van der Waals surface area (Å²) in [6.45, 7) is 0.0402. The van der Waals surface area contributed by atoms with Crippen LogP contribution in [0.25, 0.3) is 0 Å². The van der Waals surface area contributed by atoms with E-state index in [-0.39, 0.29) is 23.2 Å². The zero-order chi connectivity index (χ0) is 13.6. The Kier molecular flexibility index (Phi) is 2.57. The average molecular weight is 277 g/mol. The van der Waals surface area contributed by atoms with Crippen LogP contribution in [0.4, 0.5) is 5.69 Å². The summed E-state index contributed by atoms with van der Waals surface area (Å²) in [5.74, 6) is -0.344. The molecule has 0 saturated heterocycles. The van der Waals surface area contributed by atoms with Gasteiger partial charge in [0.1, 0.15) is 5.76 Å². The van der Waals surface area contributed by atoms with E-state index in [1.807, 2.05) is 0 Å². The third kappa shape index (κ3) is 1.79. The summed E-state index contributed by atoms with van der Waals surface area (Å²) in [4.78, 5) is 25.4. The van der Waals surface area contributed by atoms with E-state index in [0.717, 1.165) is 4.90 Å². The number of carbonyl (C=O) groups excluding carboxylic acids is 2. The molecule has 0 fully saturated rings. The molecule has 2 heterocycles. The Morgan fingerprint density at radius 2 is 1.95 bits per heavy atom. The van der Waals surface area contributed by atoms with Gasteiger partial charge in [-0.3, -0.25) is 14.5 Å². The number of carbonyl (C=O) groups is 2. The number of benzene rings is 1. The van der Waals surface area contributed by atoms with Crippen molar-refractivity contribution in [2.45, 2.75) is 6.54 Å². The van der Waals surface area contributed by atoms with Gasteiger partial charge in [-0.15, -0.1) is 0 Å². The highest BCUT2D eigenvalue weighted by molar-refractivity contribution is 6.28. The molecule has 1 aliphatic rings. The lowest BCUT2D eigenvalue weighted by molar-refractivity contribution is 0.0632. The zero-order valence-corrected chi connectivity index (χ0v) is 10.5. The largest absolute Gasteiger partial charge is 0.448 e. The minimum atomic E-state index is -0.411. The Hall–Kier alpha value is -2.27. The zero-order valence-electron chi connectivity index (χ0n) is 9.72. The lowest BCUT2D eigenvalue weighted by atomic mass is 10.1. The lowest BCUT2D eigenvalue weighted by Gasteiger charge is -2.11. The molecule has 0 bridgehead atoms. The number of rotatable bonds is 2. The lowest BCUT2D eigenvalue weighted by Crippen LogP contribution is -2.29. The highest BCUT2D eigenvalue weighted by Gasteiger charge is 2.37. The Labute approximate surface area is 113 Å². The topological polar surface area (TPSA) is 76.5 Å². The van der Waals surface area contributed by atoms with Gasteiger partial charge in [-0.25, -0.2) is 0 Å². The molecular weight excluding hydrogens is 268 g/mol. The quantitative estimate of drug-likeness (QED) is 0.674. The molecule has 96 valence electrons. The van der Waals surface area contributed by atoms with Gasteiger partial charge >= 0.3 is 0 Å². The van der Waals surface area contributed by atoms with Gasteiger partial charge in [0.15, 0.2) is 5.22 Å². The van der Waals surface area contributed by atoms with Crippen LogP contribution < -0.4 is 5.73 Å². The number of anilines is 1. The summed E-state index contributed by atoms with van der Waals surface area (Å²) in [5, 5.41) is 0.214. The van der Waals surface area contributed by atoms with Crippen LogP contribution >= 0.6 is 11.6 Å². The SMILES string of the molecule is Nc1cccc2c1C(=O)N(Cc1ccc(Cl)o1)C2=O. The van der Waals surface area contributed by atoms with Gasteiger partial charge in [-0.1, -0.05) is 6.07 Å². The highest BCUT2D eigenvalue weighted by atomic mass is 35.5. The molecule has 6 heteroatoms. The number of fused-ring (bicyclic) bond motifs is 1. The number of imide groups is 1. The number of amides is 2. The second-order valence-corrected chi connectivity index (χ2v) is 4.54. The maximum Gasteiger partial charge on any atom is 0.264 e. The Bertz CT molecular complexity index is 693. The normalized spacial score (nSPS) is 14.1. The third-order valence-electron chi connectivity index (χ3n) is 2.97. The summed E-state index contributed by atoms with van der Waals surface area (Å²) in [5.41, 5.74) is 6.62. The van der Waals surface area contributed by atoms with E-state index in [4.69, 9.17) is 21.8 Å². The second kappa shape index (κ2) is 4.13. The first-order chi connectivity index (χ1) is 9.08. The maximum absolute atomic E-state index is 12.2. The maximum atomic E-state index is 12.2. The second-order valence-electron chi connectivity index (χ2n) is 4.17. The Balaban J connectivity index is 1.97. The molecule has 3 rings (SSSR count). The van der Waals surface area contributed by atoms with Crippen molar-refractivity contribution < 1.29 is 14.0 Å². The van der Waals surface area contributed by atoms with E-state index in [9.17, 15) is 9.59 Å². The van der Waals surface area contributed by atoms with Gasteiger partial charge in [-0.2, -0.15) is 0 Å². The van der Waals surface area contributed by atoms with E-state index in [1.54, 1.807) is 30.3 Å². The van der Waals surface area contributed by atoms with Crippen LogP contribution in [0, 0.1) is 0 Å². The van der Waals surface area contributed by atoms with Gasteiger partial charge in [0, 0.05) is 5.69 Å². The fraction of sp³-hybridized carbons (Fsp3) is 0.0769. The molecule has 0 aliphatic carbocycles. The standard InChI is InChI=1S/C13H9ClN2O3/c14-10-5-4-7(19-10)6-16-12(17)8-2-1-3-9(15)11(8)13(16)18/h1-5H,6,15H2. The van der Waals surface area contributed by atoms with Crippen LogP contribution in [0.5, 0.6) is 0 Å². The number of nitrogen functional groups attached to an aromatic ring is 1. The number of furan rings is 1. The van der Waals surface area contributed by atoms with Gasteiger partial charge in [0.2, 0.25) is 0 Å². The number of nitrogens with two attached hydrogens (primary N) is 1. The van der Waals surface area contributed by atoms with Gasteiger partial charge < -0.3 is 10.2 Å². The van der Waals surface area contributed by atoms with Crippen LogP contribution in [0.3, 0.4) is 0 Å². The minimum absolute atomic E-state index is 0.0402. The van der Waals surface area contributed by atoms with Crippen molar-refractivity contribution in [2.75, 3.05) is 5.73 Å². The van der Waals surface area contributed by atoms with Gasteiger partial charge in [-0.05, 0) is 35.9 Å². The summed E-state index contributed by atoms with van der Waals surface area (Å²) in [6.07, 6.45) is 0. The predicted molar refractivity (Wildman–Crippen MR) is 68.8 cm³/mol. The average Bonchev–Trinajstić information content (AvgIpc) is 2.88. The number of halogens is 1. The molecule has 0 saturated carbocycles. The molecular formula is C13H9ClN2O3. The molecule has 2 amide bonds. The molecule has 0 spiro atoms. The van der Waals surface area contributed by atoms with Crippen LogP contribution in [0.15, 0.2) is 34.7 Å². The molecule has 1 aromatic heterocycles. The number of hydrogen-bond donors (Lipinski definition) is 1. The molecule has 2 N–H and O–H groups in total. The number of nitrogens with zero attached hydrogens (tertiary/aromatic N) is 1. The van der Waals surface area contributed by atoms with Crippen molar-refractivity contribution in [3.8, 4) is 0 Å². The molecule has 5 nitrogen and oxygen atoms in total. The fourth-order valence-electron chi connectivity index (χ4n) is 2.10. The fourth-order valence-corrected chi connectivity index (χ4v) is 2.26. The molecule has 0 atom stereocenters. The Morgan fingerprint density at radius 3 is 2.58 bits per heavy atom. The minimum Gasteiger partial charge on any atom is -0.448 e. The van der Waals surface area contributed by atoms with Crippen molar-refractivity contribution in [1.82, 2.24) is 4.90 Å². The van der Waals surface area contributed by atoms with E-state index in [0.29, 0.717) is 17.0 Å². The van der Waals surface area contributed by atoms with Crippen molar-refractivity contribution in [3.63, 3.8) is 0 Å². The van der Waals surface area contributed by atoms with Crippen LogP contribution in [-0.4, -0.2) is 16.7 Å². The molecule has 1 aromatic carbocycles. The summed E-state index contributed by atoms with van der Waals surface area (Å²) in [7, 11) is 0. The molecule has 0 unspecified atom stereocenters.